The summed E-state index contributed by atoms with van der Waals surface area (Å²) in [5.41, 5.74) is 1.84. The van der Waals surface area contributed by atoms with Gasteiger partial charge in [-0.25, -0.2) is 0 Å². The summed E-state index contributed by atoms with van der Waals surface area (Å²) in [6.07, 6.45) is 0. The van der Waals surface area contributed by atoms with E-state index in [4.69, 9.17) is 16.7 Å². The van der Waals surface area contributed by atoms with Gasteiger partial charge in [-0.2, -0.15) is 5.10 Å². The van der Waals surface area contributed by atoms with Gasteiger partial charge in [-0.1, -0.05) is 18.5 Å². The summed E-state index contributed by atoms with van der Waals surface area (Å²) in [7, 11) is 1.88. The Balaban J connectivity index is 2.50. The minimum absolute atomic E-state index is 0.200. The number of rotatable bonds is 5. The third-order valence-corrected chi connectivity index (χ3v) is 2.85. The summed E-state index contributed by atoms with van der Waals surface area (Å²) in [4.78, 5) is 0. The number of nitrogens with one attached hydrogen (secondary N) is 1. The van der Waals surface area contributed by atoms with E-state index in [1.54, 1.807) is 4.68 Å². The molecule has 0 aliphatic rings. The molecule has 0 fully saturated rings. The molecular weight excluding hydrogens is 214 g/mol. The molecule has 4 nitrogen and oxygen atoms in total. The van der Waals surface area contributed by atoms with Crippen molar-refractivity contribution in [1.82, 2.24) is 15.1 Å². The Kier molecular flexibility index (Phi) is 4.57. The number of aromatic nitrogens is 2. The van der Waals surface area contributed by atoms with Crippen molar-refractivity contribution in [2.75, 3.05) is 13.2 Å². The molecule has 0 aromatic carbocycles. The highest BCUT2D eigenvalue weighted by Crippen LogP contribution is 2.18. The van der Waals surface area contributed by atoms with Crippen LogP contribution >= 0.6 is 11.6 Å². The SMILES string of the molecule is Cc1nn(C)c(CNCC(C)CO)c1Cl. The first-order valence-electron chi connectivity index (χ1n) is 5.05. The minimum atomic E-state index is 0.200. The molecule has 0 amide bonds. The largest absolute Gasteiger partial charge is 0.396 e. The molecule has 1 atom stereocenters. The standard InChI is InChI=1S/C10H18ClN3O/c1-7(6-15)4-12-5-9-10(11)8(2)13-14(9)3/h7,12,15H,4-6H2,1-3H3. The van der Waals surface area contributed by atoms with Crippen molar-refractivity contribution in [3.05, 3.63) is 16.4 Å². The Morgan fingerprint density at radius 3 is 2.73 bits per heavy atom. The normalized spacial score (nSPS) is 13.1. The number of hydrogen-bond acceptors (Lipinski definition) is 3. The van der Waals surface area contributed by atoms with E-state index in [1.165, 1.54) is 0 Å². The number of aliphatic hydroxyl groups is 1. The molecule has 1 unspecified atom stereocenters. The lowest BCUT2D eigenvalue weighted by Crippen LogP contribution is -2.23. The first-order chi connectivity index (χ1) is 7.06. The predicted molar refractivity (Wildman–Crippen MR) is 60.9 cm³/mol. The Morgan fingerprint density at radius 2 is 2.27 bits per heavy atom. The van der Waals surface area contributed by atoms with Crippen LogP contribution in [0.25, 0.3) is 0 Å². The molecule has 0 spiro atoms. The molecule has 5 heteroatoms. The number of aliphatic hydroxyl groups excluding tert-OH is 1. The van der Waals surface area contributed by atoms with Gasteiger partial charge in [0.15, 0.2) is 0 Å². The first kappa shape index (κ1) is 12.5. The first-order valence-corrected chi connectivity index (χ1v) is 5.43. The van der Waals surface area contributed by atoms with Gasteiger partial charge in [0.25, 0.3) is 0 Å². The van der Waals surface area contributed by atoms with Crippen LogP contribution in [0.5, 0.6) is 0 Å². The van der Waals surface area contributed by atoms with Gasteiger partial charge >= 0.3 is 0 Å². The second-order valence-corrected chi connectivity index (χ2v) is 4.27. The molecular formula is C10H18ClN3O. The van der Waals surface area contributed by atoms with E-state index in [1.807, 2.05) is 20.9 Å². The molecule has 1 heterocycles. The fourth-order valence-electron chi connectivity index (χ4n) is 1.37. The van der Waals surface area contributed by atoms with Crippen molar-refractivity contribution in [3.63, 3.8) is 0 Å². The number of aryl methyl sites for hydroxylation is 2. The highest BCUT2D eigenvalue weighted by Gasteiger charge is 2.10. The van der Waals surface area contributed by atoms with E-state index in [2.05, 4.69) is 10.4 Å². The molecule has 2 N–H and O–H groups in total. The van der Waals surface area contributed by atoms with Crippen LogP contribution < -0.4 is 5.32 Å². The molecule has 0 bridgehead atoms. The van der Waals surface area contributed by atoms with E-state index < -0.39 is 0 Å². The zero-order valence-electron chi connectivity index (χ0n) is 9.42. The van der Waals surface area contributed by atoms with Gasteiger partial charge in [-0.15, -0.1) is 0 Å². The highest BCUT2D eigenvalue weighted by atomic mass is 35.5. The maximum absolute atomic E-state index is 8.86. The van der Waals surface area contributed by atoms with Crippen molar-refractivity contribution < 1.29 is 5.11 Å². The van der Waals surface area contributed by atoms with Crippen molar-refractivity contribution in [2.45, 2.75) is 20.4 Å². The maximum Gasteiger partial charge on any atom is 0.0860 e. The average Bonchev–Trinajstić information content (AvgIpc) is 2.44. The van der Waals surface area contributed by atoms with Gasteiger partial charge in [0.1, 0.15) is 0 Å². The Morgan fingerprint density at radius 1 is 1.60 bits per heavy atom. The predicted octanol–water partition coefficient (Wildman–Crippen LogP) is 1.10. The van der Waals surface area contributed by atoms with Crippen molar-refractivity contribution in [3.8, 4) is 0 Å². The Labute approximate surface area is 95.2 Å². The number of hydrogen-bond donors (Lipinski definition) is 2. The van der Waals surface area contributed by atoms with Gasteiger partial charge < -0.3 is 10.4 Å². The third-order valence-electron chi connectivity index (χ3n) is 2.36. The lowest BCUT2D eigenvalue weighted by Gasteiger charge is -2.09. The molecule has 1 aromatic heterocycles. The summed E-state index contributed by atoms with van der Waals surface area (Å²) < 4.78 is 1.79. The maximum atomic E-state index is 8.86. The van der Waals surface area contributed by atoms with Crippen LogP contribution in [0.2, 0.25) is 5.02 Å². The van der Waals surface area contributed by atoms with Gasteiger partial charge in [0.05, 0.1) is 16.4 Å². The van der Waals surface area contributed by atoms with Gasteiger partial charge in [-0.05, 0) is 12.8 Å². The fraction of sp³-hybridized carbons (Fsp3) is 0.700. The second-order valence-electron chi connectivity index (χ2n) is 3.89. The van der Waals surface area contributed by atoms with Gasteiger partial charge in [-0.3, -0.25) is 4.68 Å². The van der Waals surface area contributed by atoms with E-state index in [0.29, 0.717) is 6.54 Å². The molecule has 1 rings (SSSR count). The van der Waals surface area contributed by atoms with Crippen LogP contribution in [0.4, 0.5) is 0 Å². The quantitative estimate of drug-likeness (QED) is 0.798. The van der Waals surface area contributed by atoms with Crippen LogP contribution in [0.3, 0.4) is 0 Å². The van der Waals surface area contributed by atoms with Crippen LogP contribution in [0.1, 0.15) is 18.3 Å². The monoisotopic (exact) mass is 231 g/mol. The van der Waals surface area contributed by atoms with Crippen molar-refractivity contribution >= 4 is 11.6 Å². The van der Waals surface area contributed by atoms with Crippen LogP contribution in [-0.4, -0.2) is 28.0 Å². The van der Waals surface area contributed by atoms with Crippen molar-refractivity contribution in [1.29, 1.82) is 0 Å². The number of halogens is 1. The Hall–Kier alpha value is -0.580. The van der Waals surface area contributed by atoms with Gasteiger partial charge in [0.2, 0.25) is 0 Å². The molecule has 0 aliphatic carbocycles. The molecule has 86 valence electrons. The topological polar surface area (TPSA) is 50.1 Å². The zero-order chi connectivity index (χ0) is 11.4. The van der Waals surface area contributed by atoms with E-state index in [9.17, 15) is 0 Å². The smallest absolute Gasteiger partial charge is 0.0860 e. The lowest BCUT2D eigenvalue weighted by molar-refractivity contribution is 0.233. The number of nitrogens with zero attached hydrogens (tertiary/aromatic N) is 2. The van der Waals surface area contributed by atoms with E-state index in [-0.39, 0.29) is 12.5 Å². The second kappa shape index (κ2) is 5.49. The third kappa shape index (κ3) is 3.19. The van der Waals surface area contributed by atoms with Crippen LogP contribution in [0, 0.1) is 12.8 Å². The van der Waals surface area contributed by atoms with Crippen LogP contribution in [0.15, 0.2) is 0 Å². The molecule has 15 heavy (non-hydrogen) atoms. The van der Waals surface area contributed by atoms with E-state index in [0.717, 1.165) is 23.0 Å². The summed E-state index contributed by atoms with van der Waals surface area (Å²) >= 11 is 6.09. The lowest BCUT2D eigenvalue weighted by atomic mass is 10.2. The van der Waals surface area contributed by atoms with Crippen LogP contribution in [-0.2, 0) is 13.6 Å². The molecule has 0 radical (unpaired) electrons. The summed E-state index contributed by atoms with van der Waals surface area (Å²) in [6.45, 7) is 5.54. The summed E-state index contributed by atoms with van der Waals surface area (Å²) in [6, 6.07) is 0. The summed E-state index contributed by atoms with van der Waals surface area (Å²) in [5, 5.41) is 17.1. The minimum Gasteiger partial charge on any atom is -0.396 e. The molecule has 1 aromatic rings. The molecule has 0 aliphatic heterocycles. The van der Waals surface area contributed by atoms with Crippen molar-refractivity contribution in [2.24, 2.45) is 13.0 Å². The molecule has 0 saturated heterocycles. The highest BCUT2D eigenvalue weighted by molar-refractivity contribution is 6.31. The summed E-state index contributed by atoms with van der Waals surface area (Å²) in [5.74, 6) is 0.262. The zero-order valence-corrected chi connectivity index (χ0v) is 10.2. The fourth-order valence-corrected chi connectivity index (χ4v) is 1.60. The van der Waals surface area contributed by atoms with Gasteiger partial charge in [0, 0.05) is 26.7 Å². The Bertz CT molecular complexity index is 325. The average molecular weight is 232 g/mol. The molecule has 0 saturated carbocycles. The van der Waals surface area contributed by atoms with E-state index >= 15 is 0 Å².